The second-order valence-electron chi connectivity index (χ2n) is 6.09. The van der Waals surface area contributed by atoms with E-state index in [4.69, 9.17) is 0 Å². The molecule has 0 radical (unpaired) electrons. The van der Waals surface area contributed by atoms with Crippen LogP contribution in [0.3, 0.4) is 0 Å². The van der Waals surface area contributed by atoms with Gasteiger partial charge in [0.2, 0.25) is 0 Å². The van der Waals surface area contributed by atoms with Crippen molar-refractivity contribution >= 4 is 17.3 Å². The van der Waals surface area contributed by atoms with E-state index in [1.807, 2.05) is 7.05 Å². The van der Waals surface area contributed by atoms with Gasteiger partial charge in [-0.25, -0.2) is 0 Å². The van der Waals surface area contributed by atoms with Gasteiger partial charge < -0.3 is 15.5 Å². The van der Waals surface area contributed by atoms with Gasteiger partial charge in [0.15, 0.2) is 5.96 Å². The van der Waals surface area contributed by atoms with Gasteiger partial charge in [-0.05, 0) is 54.2 Å². The molecule has 1 saturated heterocycles. The third kappa shape index (κ3) is 5.97. The SMILES string of the molecule is CN=C(NCCN1CCCCCC1)NCC(C)c1ccsc1. The minimum Gasteiger partial charge on any atom is -0.356 e. The largest absolute Gasteiger partial charge is 0.356 e. The minimum absolute atomic E-state index is 0.510. The molecule has 4 nitrogen and oxygen atoms in total. The zero-order chi connectivity index (χ0) is 15.6. The number of nitrogens with one attached hydrogen (secondary N) is 2. The van der Waals surface area contributed by atoms with Crippen LogP contribution in [0.2, 0.25) is 0 Å². The molecule has 0 aromatic carbocycles. The first-order valence-corrected chi connectivity index (χ1v) is 9.43. The van der Waals surface area contributed by atoms with Crippen molar-refractivity contribution in [3.63, 3.8) is 0 Å². The maximum absolute atomic E-state index is 4.32. The van der Waals surface area contributed by atoms with Crippen LogP contribution in [0.25, 0.3) is 0 Å². The molecule has 0 spiro atoms. The van der Waals surface area contributed by atoms with E-state index in [1.165, 1.54) is 44.3 Å². The first-order chi connectivity index (χ1) is 10.8. The van der Waals surface area contributed by atoms with E-state index in [1.54, 1.807) is 11.3 Å². The number of thiophene rings is 1. The highest BCUT2D eigenvalue weighted by atomic mass is 32.1. The predicted molar refractivity (Wildman–Crippen MR) is 97.0 cm³/mol. The second-order valence-corrected chi connectivity index (χ2v) is 6.87. The molecule has 2 heterocycles. The molecule has 1 aromatic heterocycles. The van der Waals surface area contributed by atoms with Gasteiger partial charge in [-0.3, -0.25) is 4.99 Å². The van der Waals surface area contributed by atoms with E-state index in [9.17, 15) is 0 Å². The summed E-state index contributed by atoms with van der Waals surface area (Å²) in [6.07, 6.45) is 5.50. The van der Waals surface area contributed by atoms with Crippen LogP contribution in [0.5, 0.6) is 0 Å². The summed E-state index contributed by atoms with van der Waals surface area (Å²) < 4.78 is 0. The Labute approximate surface area is 139 Å². The molecule has 22 heavy (non-hydrogen) atoms. The van der Waals surface area contributed by atoms with Crippen molar-refractivity contribution in [1.29, 1.82) is 0 Å². The number of likely N-dealkylation sites (tertiary alicyclic amines) is 1. The number of hydrogen-bond donors (Lipinski definition) is 2. The Morgan fingerprint density at radius 2 is 2.05 bits per heavy atom. The van der Waals surface area contributed by atoms with E-state index in [-0.39, 0.29) is 0 Å². The Balaban J connectivity index is 1.64. The van der Waals surface area contributed by atoms with Crippen LogP contribution in [-0.4, -0.2) is 50.6 Å². The first kappa shape index (κ1) is 17.3. The number of rotatable bonds is 6. The molecule has 0 aliphatic carbocycles. The molecule has 1 fully saturated rings. The lowest BCUT2D eigenvalue weighted by atomic mass is 10.1. The zero-order valence-corrected chi connectivity index (χ0v) is 14.8. The van der Waals surface area contributed by atoms with Crippen molar-refractivity contribution in [2.45, 2.75) is 38.5 Å². The number of hydrogen-bond acceptors (Lipinski definition) is 3. The fourth-order valence-electron chi connectivity index (χ4n) is 2.84. The second kappa shape index (κ2) is 9.85. The van der Waals surface area contributed by atoms with E-state index in [0.717, 1.165) is 25.6 Å². The number of aliphatic imine (C=N–C) groups is 1. The summed E-state index contributed by atoms with van der Waals surface area (Å²) in [5.74, 6) is 1.42. The van der Waals surface area contributed by atoms with Crippen LogP contribution in [0, 0.1) is 0 Å². The van der Waals surface area contributed by atoms with Crippen molar-refractivity contribution in [3.05, 3.63) is 22.4 Å². The Morgan fingerprint density at radius 3 is 2.68 bits per heavy atom. The van der Waals surface area contributed by atoms with E-state index < -0.39 is 0 Å². The normalized spacial score (nSPS) is 18.7. The molecule has 5 heteroatoms. The molecule has 1 aliphatic rings. The highest BCUT2D eigenvalue weighted by molar-refractivity contribution is 7.07. The zero-order valence-electron chi connectivity index (χ0n) is 14.0. The molecule has 1 unspecified atom stereocenters. The van der Waals surface area contributed by atoms with Crippen molar-refractivity contribution in [2.24, 2.45) is 4.99 Å². The maximum atomic E-state index is 4.32. The van der Waals surface area contributed by atoms with Crippen LogP contribution in [0.4, 0.5) is 0 Å². The third-order valence-electron chi connectivity index (χ3n) is 4.33. The summed E-state index contributed by atoms with van der Waals surface area (Å²) in [7, 11) is 1.84. The smallest absolute Gasteiger partial charge is 0.191 e. The van der Waals surface area contributed by atoms with Gasteiger partial charge in [0.05, 0.1) is 0 Å². The summed E-state index contributed by atoms with van der Waals surface area (Å²) in [5, 5.41) is 11.2. The van der Waals surface area contributed by atoms with Gasteiger partial charge in [0.25, 0.3) is 0 Å². The van der Waals surface area contributed by atoms with Gasteiger partial charge in [0.1, 0.15) is 0 Å². The fourth-order valence-corrected chi connectivity index (χ4v) is 3.62. The Bertz CT molecular complexity index is 422. The molecule has 1 atom stereocenters. The van der Waals surface area contributed by atoms with Gasteiger partial charge in [-0.15, -0.1) is 0 Å². The first-order valence-electron chi connectivity index (χ1n) is 8.48. The maximum Gasteiger partial charge on any atom is 0.191 e. The summed E-state index contributed by atoms with van der Waals surface area (Å²) in [5.41, 5.74) is 1.40. The highest BCUT2D eigenvalue weighted by Crippen LogP contribution is 2.16. The predicted octanol–water partition coefficient (Wildman–Crippen LogP) is 2.89. The quantitative estimate of drug-likeness (QED) is 0.625. The van der Waals surface area contributed by atoms with Crippen molar-refractivity contribution in [1.82, 2.24) is 15.5 Å². The van der Waals surface area contributed by atoms with Crippen LogP contribution in [0.15, 0.2) is 21.8 Å². The summed E-state index contributed by atoms with van der Waals surface area (Å²) in [6, 6.07) is 2.20. The molecule has 0 saturated carbocycles. The highest BCUT2D eigenvalue weighted by Gasteiger charge is 2.09. The Kier molecular flexibility index (Phi) is 7.74. The summed E-state index contributed by atoms with van der Waals surface area (Å²) >= 11 is 1.76. The van der Waals surface area contributed by atoms with Gasteiger partial charge in [0, 0.05) is 26.7 Å². The van der Waals surface area contributed by atoms with Crippen molar-refractivity contribution in [3.8, 4) is 0 Å². The lowest BCUT2D eigenvalue weighted by Gasteiger charge is -2.21. The molecular formula is C17H30N4S. The lowest BCUT2D eigenvalue weighted by molar-refractivity contribution is 0.289. The fraction of sp³-hybridized carbons (Fsp3) is 0.706. The van der Waals surface area contributed by atoms with Crippen LogP contribution in [0.1, 0.15) is 44.1 Å². The van der Waals surface area contributed by atoms with Gasteiger partial charge >= 0.3 is 0 Å². The molecule has 1 aromatic rings. The topological polar surface area (TPSA) is 39.7 Å². The van der Waals surface area contributed by atoms with Crippen molar-refractivity contribution < 1.29 is 0 Å². The van der Waals surface area contributed by atoms with E-state index >= 15 is 0 Å². The number of nitrogens with zero attached hydrogens (tertiary/aromatic N) is 2. The molecule has 0 amide bonds. The van der Waals surface area contributed by atoms with Crippen molar-refractivity contribution in [2.75, 3.05) is 39.8 Å². The van der Waals surface area contributed by atoms with Crippen LogP contribution < -0.4 is 10.6 Å². The average Bonchev–Trinajstić information content (AvgIpc) is 2.95. The monoisotopic (exact) mass is 322 g/mol. The summed E-state index contributed by atoms with van der Waals surface area (Å²) in [4.78, 5) is 6.89. The third-order valence-corrected chi connectivity index (χ3v) is 5.03. The molecule has 0 bridgehead atoms. The van der Waals surface area contributed by atoms with Crippen LogP contribution >= 0.6 is 11.3 Å². The number of guanidine groups is 1. The Morgan fingerprint density at radius 1 is 1.27 bits per heavy atom. The van der Waals surface area contributed by atoms with Gasteiger partial charge in [-0.1, -0.05) is 19.8 Å². The Hall–Kier alpha value is -1.07. The molecule has 2 rings (SSSR count). The van der Waals surface area contributed by atoms with E-state index in [0.29, 0.717) is 5.92 Å². The minimum atomic E-state index is 0.510. The standard InChI is InChI=1S/C17H30N4S/c1-15(16-7-12-22-14-16)13-20-17(18-2)19-8-11-21-9-5-3-4-6-10-21/h7,12,14-15H,3-6,8-11,13H2,1-2H3,(H2,18,19,20). The lowest BCUT2D eigenvalue weighted by Crippen LogP contribution is -2.42. The molecule has 124 valence electrons. The van der Waals surface area contributed by atoms with Gasteiger partial charge in [-0.2, -0.15) is 11.3 Å². The summed E-state index contributed by atoms with van der Waals surface area (Å²) in [6.45, 7) is 7.75. The molecule has 1 aliphatic heterocycles. The van der Waals surface area contributed by atoms with Crippen LogP contribution in [-0.2, 0) is 0 Å². The average molecular weight is 323 g/mol. The van der Waals surface area contributed by atoms with E-state index in [2.05, 4.69) is 44.3 Å². The molecular weight excluding hydrogens is 292 g/mol. The molecule has 2 N–H and O–H groups in total.